The van der Waals surface area contributed by atoms with Crippen molar-refractivity contribution in [3.8, 4) is 5.75 Å². The molecule has 1 atom stereocenters. The normalized spacial score (nSPS) is 14.8. The summed E-state index contributed by atoms with van der Waals surface area (Å²) in [4.78, 5) is 12.8. The molecule has 6 heteroatoms. The van der Waals surface area contributed by atoms with Gasteiger partial charge < -0.3 is 4.43 Å². The van der Waals surface area contributed by atoms with Gasteiger partial charge in [-0.1, -0.05) is 63.2 Å². The van der Waals surface area contributed by atoms with Crippen LogP contribution in [0.15, 0.2) is 54.6 Å². The molecule has 30 heavy (non-hydrogen) atoms. The van der Waals surface area contributed by atoms with Crippen LogP contribution in [0.3, 0.4) is 0 Å². The van der Waals surface area contributed by atoms with Gasteiger partial charge in [-0.05, 0) is 54.7 Å². The van der Waals surface area contributed by atoms with E-state index in [2.05, 4.69) is 33.9 Å². The number of Topliss-reactive ketones (excluding diaryl/α,β-unsaturated/α-hetero) is 1. The van der Waals surface area contributed by atoms with Crippen LogP contribution in [-0.2, 0) is 16.6 Å². The van der Waals surface area contributed by atoms with Gasteiger partial charge in [-0.2, -0.15) is 13.2 Å². The maximum Gasteiger partial charge on any atom is 0.405 e. The average molecular weight is 437 g/mol. The smallest absolute Gasteiger partial charge is 0.405 e. The second kappa shape index (κ2) is 8.58. The van der Waals surface area contributed by atoms with Crippen molar-refractivity contribution in [3.05, 3.63) is 65.7 Å². The predicted molar refractivity (Wildman–Crippen MR) is 117 cm³/mol. The van der Waals surface area contributed by atoms with Crippen LogP contribution >= 0.6 is 0 Å². The molecule has 0 radical (unpaired) electrons. The molecular formula is C24H31F3O2Si. The van der Waals surface area contributed by atoms with Crippen molar-refractivity contribution < 1.29 is 22.4 Å². The molecule has 0 heterocycles. The summed E-state index contributed by atoms with van der Waals surface area (Å²) >= 11 is 0. The molecule has 0 aromatic heterocycles. The van der Waals surface area contributed by atoms with Gasteiger partial charge in [0, 0.05) is 6.42 Å². The molecule has 0 fully saturated rings. The molecule has 2 nitrogen and oxygen atoms in total. The first kappa shape index (κ1) is 24.2. The number of hydrogen-bond donors (Lipinski definition) is 0. The molecule has 0 amide bonds. The van der Waals surface area contributed by atoms with Crippen molar-refractivity contribution in [3.63, 3.8) is 0 Å². The van der Waals surface area contributed by atoms with Gasteiger partial charge >= 0.3 is 6.18 Å². The van der Waals surface area contributed by atoms with Crippen molar-refractivity contribution in [1.82, 2.24) is 0 Å². The van der Waals surface area contributed by atoms with E-state index >= 15 is 0 Å². The quantitative estimate of drug-likeness (QED) is 0.433. The fourth-order valence-electron chi connectivity index (χ4n) is 2.94. The molecule has 0 aliphatic carbocycles. The summed E-state index contributed by atoms with van der Waals surface area (Å²) in [5, 5.41) is -0.0282. The first-order valence-corrected chi connectivity index (χ1v) is 13.0. The predicted octanol–water partition coefficient (Wildman–Crippen LogP) is 7.09. The minimum Gasteiger partial charge on any atom is -0.544 e. The number of halogens is 3. The highest BCUT2D eigenvalue weighted by atomic mass is 28.4. The average Bonchev–Trinajstić information content (AvgIpc) is 2.64. The zero-order valence-corrected chi connectivity index (χ0v) is 19.6. The lowest BCUT2D eigenvalue weighted by molar-refractivity contribution is -0.190. The monoisotopic (exact) mass is 436 g/mol. The van der Waals surface area contributed by atoms with E-state index in [-0.39, 0.29) is 23.4 Å². The number of rotatable bonds is 7. The van der Waals surface area contributed by atoms with Crippen LogP contribution in [0.5, 0.6) is 5.75 Å². The molecular weight excluding hydrogens is 405 g/mol. The zero-order valence-electron chi connectivity index (χ0n) is 18.6. The third-order valence-electron chi connectivity index (χ3n) is 6.22. The van der Waals surface area contributed by atoms with Crippen LogP contribution in [-0.4, -0.2) is 20.3 Å². The molecule has 2 aromatic carbocycles. The maximum atomic E-state index is 14.0. The largest absolute Gasteiger partial charge is 0.544 e. The molecule has 1 unspecified atom stereocenters. The fourth-order valence-corrected chi connectivity index (χ4v) is 3.97. The van der Waals surface area contributed by atoms with Crippen molar-refractivity contribution >= 4 is 14.1 Å². The number of alkyl halides is 3. The molecule has 0 bridgehead atoms. The number of carbonyl (C=O) groups excluding carboxylic acids is 1. The third-order valence-corrected chi connectivity index (χ3v) is 10.6. The van der Waals surface area contributed by atoms with Gasteiger partial charge in [0.05, 0.1) is 0 Å². The summed E-state index contributed by atoms with van der Waals surface area (Å²) in [6.07, 6.45) is -4.59. The molecule has 0 saturated carbocycles. The summed E-state index contributed by atoms with van der Waals surface area (Å²) in [5.74, 6) is -0.302. The lowest BCUT2D eigenvalue weighted by Crippen LogP contribution is -2.47. The number of ketones is 1. The van der Waals surface area contributed by atoms with Gasteiger partial charge in [0.25, 0.3) is 0 Å². The van der Waals surface area contributed by atoms with E-state index in [9.17, 15) is 18.0 Å². The molecule has 2 rings (SSSR count). The van der Waals surface area contributed by atoms with Crippen molar-refractivity contribution in [2.24, 2.45) is 0 Å². The van der Waals surface area contributed by atoms with Crippen molar-refractivity contribution in [2.75, 3.05) is 0 Å². The molecule has 0 aliphatic rings. The first-order valence-electron chi connectivity index (χ1n) is 10.1. The second-order valence-electron chi connectivity index (χ2n) is 9.42. The Balaban J connectivity index is 2.27. The molecule has 0 saturated heterocycles. The molecule has 2 aromatic rings. The Labute approximate surface area is 178 Å². The molecule has 0 spiro atoms. The first-order chi connectivity index (χ1) is 13.7. The highest BCUT2D eigenvalue weighted by Gasteiger charge is 2.56. The highest BCUT2D eigenvalue weighted by Crippen LogP contribution is 2.43. The highest BCUT2D eigenvalue weighted by molar-refractivity contribution is 6.74. The van der Waals surface area contributed by atoms with E-state index in [0.29, 0.717) is 5.75 Å². The standard InChI is InChI=1S/C24H31F3O2Si/c1-22(2,3)30(5,6)29-20-15-13-19(14-16-20)23(4,24(25,26)27)21(28)17-12-18-10-8-7-9-11-18/h7-11,13-16H,12,17H2,1-6H3. The fraction of sp³-hybridized carbons (Fsp3) is 0.458. The summed E-state index contributed by atoms with van der Waals surface area (Å²) in [7, 11) is -2.11. The maximum absolute atomic E-state index is 14.0. The third kappa shape index (κ3) is 5.15. The van der Waals surface area contributed by atoms with Crippen molar-refractivity contribution in [1.29, 1.82) is 0 Å². The van der Waals surface area contributed by atoms with E-state index in [4.69, 9.17) is 4.43 Å². The Hall–Kier alpha value is -2.08. The Morgan fingerprint density at radius 1 is 0.900 bits per heavy atom. The van der Waals surface area contributed by atoms with Crippen LogP contribution in [0, 0.1) is 0 Å². The van der Waals surface area contributed by atoms with Crippen LogP contribution in [0.2, 0.25) is 18.1 Å². The minimum absolute atomic E-state index is 0.0282. The van der Waals surface area contributed by atoms with E-state index in [1.807, 2.05) is 30.3 Å². The van der Waals surface area contributed by atoms with Gasteiger partial charge in [-0.15, -0.1) is 0 Å². The van der Waals surface area contributed by atoms with E-state index in [1.165, 1.54) is 12.1 Å². The van der Waals surface area contributed by atoms with Gasteiger partial charge in [0.15, 0.2) is 5.78 Å². The topological polar surface area (TPSA) is 26.3 Å². The Morgan fingerprint density at radius 2 is 1.43 bits per heavy atom. The Bertz CT molecular complexity index is 853. The zero-order chi connectivity index (χ0) is 22.8. The van der Waals surface area contributed by atoms with E-state index in [0.717, 1.165) is 12.5 Å². The number of hydrogen-bond acceptors (Lipinski definition) is 2. The second-order valence-corrected chi connectivity index (χ2v) is 14.1. The van der Waals surface area contributed by atoms with Crippen molar-refractivity contribution in [2.45, 2.75) is 70.3 Å². The van der Waals surface area contributed by atoms with Crippen LogP contribution in [0.4, 0.5) is 13.2 Å². The van der Waals surface area contributed by atoms with Gasteiger partial charge in [-0.3, -0.25) is 4.79 Å². The molecule has 0 N–H and O–H groups in total. The number of aryl methyl sites for hydroxylation is 1. The lowest BCUT2D eigenvalue weighted by atomic mass is 9.76. The van der Waals surface area contributed by atoms with Gasteiger partial charge in [0.2, 0.25) is 8.32 Å². The van der Waals surface area contributed by atoms with Gasteiger partial charge in [0.1, 0.15) is 11.2 Å². The van der Waals surface area contributed by atoms with E-state index < -0.39 is 25.7 Å². The van der Waals surface area contributed by atoms with Gasteiger partial charge in [-0.25, -0.2) is 0 Å². The summed E-state index contributed by atoms with van der Waals surface area (Å²) < 4.78 is 48.3. The van der Waals surface area contributed by atoms with Crippen LogP contribution < -0.4 is 4.43 Å². The number of carbonyl (C=O) groups is 1. The molecule has 164 valence electrons. The number of benzene rings is 2. The Kier molecular flexibility index (Phi) is 6.91. The van der Waals surface area contributed by atoms with Crippen LogP contribution in [0.1, 0.15) is 45.2 Å². The molecule has 0 aliphatic heterocycles. The summed E-state index contributed by atoms with van der Waals surface area (Å²) in [5.41, 5.74) is -1.78. The van der Waals surface area contributed by atoms with Crippen LogP contribution in [0.25, 0.3) is 0 Å². The minimum atomic E-state index is -4.69. The lowest BCUT2D eigenvalue weighted by Gasteiger charge is -2.36. The SMILES string of the molecule is CC(C(=O)CCc1ccccc1)(c1ccc(O[Si](C)(C)C(C)(C)C)cc1)C(F)(F)F. The van der Waals surface area contributed by atoms with E-state index in [1.54, 1.807) is 12.1 Å². The summed E-state index contributed by atoms with van der Waals surface area (Å²) in [6, 6.07) is 14.9. The summed E-state index contributed by atoms with van der Waals surface area (Å²) in [6.45, 7) is 11.4. The Morgan fingerprint density at radius 3 is 1.90 bits per heavy atom.